The number of nitrogens with zero attached hydrogens (tertiary/aromatic N) is 1. The summed E-state index contributed by atoms with van der Waals surface area (Å²) in [6.07, 6.45) is 0. The quantitative estimate of drug-likeness (QED) is 0.659. The first-order valence-corrected chi connectivity index (χ1v) is 4.83. The van der Waals surface area contributed by atoms with Crippen LogP contribution in [-0.2, 0) is 4.79 Å². The molecule has 0 bridgehead atoms. The fraction of sp³-hybridized carbons (Fsp3) is 0.900. The Morgan fingerprint density at radius 3 is 1.86 bits per heavy atom. The van der Waals surface area contributed by atoms with Crippen LogP contribution in [0.2, 0.25) is 0 Å². The van der Waals surface area contributed by atoms with Crippen molar-refractivity contribution in [1.29, 1.82) is 0 Å². The van der Waals surface area contributed by atoms with Crippen LogP contribution in [0.1, 0.15) is 34.6 Å². The number of hydroxylamine groups is 2. The molecule has 1 N–H and O–H groups in total. The molecule has 0 amide bonds. The minimum Gasteiger partial charge on any atom is -0.550 e. The van der Waals surface area contributed by atoms with Crippen LogP contribution in [0.5, 0.6) is 0 Å². The van der Waals surface area contributed by atoms with E-state index in [4.69, 9.17) is 0 Å². The fourth-order valence-corrected chi connectivity index (χ4v) is 2.58. The van der Waals surface area contributed by atoms with E-state index in [1.165, 1.54) is 0 Å². The number of hydrogen-bond donors (Lipinski definition) is 1. The SMILES string of the molecule is C[C@@H]1[C@@H](C(=O)[O-])C(C)(C)N(O)C1(C)C. The molecule has 14 heavy (non-hydrogen) atoms. The second-order valence-corrected chi connectivity index (χ2v) is 5.20. The number of rotatable bonds is 1. The summed E-state index contributed by atoms with van der Waals surface area (Å²) >= 11 is 0. The van der Waals surface area contributed by atoms with Gasteiger partial charge in [-0.1, -0.05) is 6.92 Å². The maximum atomic E-state index is 11.0. The third kappa shape index (κ3) is 1.25. The Morgan fingerprint density at radius 2 is 1.71 bits per heavy atom. The Kier molecular flexibility index (Phi) is 2.41. The van der Waals surface area contributed by atoms with Gasteiger partial charge in [-0.05, 0) is 33.6 Å². The lowest BCUT2D eigenvalue weighted by atomic mass is 9.78. The standard InChI is InChI=1S/C10H19NO3/c1-6-7(8(12)13)10(4,5)11(14)9(6,2)3/h6-7,14H,1-5H3,(H,12,13)/p-1/t6-,7+/m1/s1. The van der Waals surface area contributed by atoms with Crippen molar-refractivity contribution in [1.82, 2.24) is 5.06 Å². The fourth-order valence-electron chi connectivity index (χ4n) is 2.58. The van der Waals surface area contributed by atoms with E-state index in [1.807, 2.05) is 20.8 Å². The first-order chi connectivity index (χ1) is 6.13. The Labute approximate surface area is 84.5 Å². The largest absolute Gasteiger partial charge is 0.550 e. The van der Waals surface area contributed by atoms with Gasteiger partial charge in [0, 0.05) is 23.0 Å². The van der Waals surface area contributed by atoms with Gasteiger partial charge in [0.25, 0.3) is 0 Å². The minimum atomic E-state index is -1.09. The molecule has 1 fully saturated rings. The lowest BCUT2D eigenvalue weighted by Gasteiger charge is -2.36. The summed E-state index contributed by atoms with van der Waals surface area (Å²) in [4.78, 5) is 11.0. The van der Waals surface area contributed by atoms with Crippen molar-refractivity contribution in [2.75, 3.05) is 0 Å². The van der Waals surface area contributed by atoms with Gasteiger partial charge in [0.2, 0.25) is 0 Å². The number of carboxylic acids is 1. The minimum absolute atomic E-state index is 0.146. The summed E-state index contributed by atoms with van der Waals surface area (Å²) in [5.41, 5.74) is -1.31. The van der Waals surface area contributed by atoms with Gasteiger partial charge >= 0.3 is 0 Å². The van der Waals surface area contributed by atoms with Crippen molar-refractivity contribution in [2.24, 2.45) is 11.8 Å². The lowest BCUT2D eigenvalue weighted by molar-refractivity contribution is -0.316. The van der Waals surface area contributed by atoms with Crippen molar-refractivity contribution in [3.05, 3.63) is 0 Å². The molecule has 0 spiro atoms. The molecular weight excluding hydrogens is 182 g/mol. The van der Waals surface area contributed by atoms with E-state index in [1.54, 1.807) is 13.8 Å². The molecule has 82 valence electrons. The summed E-state index contributed by atoms with van der Waals surface area (Å²) < 4.78 is 0. The van der Waals surface area contributed by atoms with Crippen LogP contribution < -0.4 is 5.11 Å². The van der Waals surface area contributed by atoms with Gasteiger partial charge in [-0.3, -0.25) is 0 Å². The molecule has 0 aliphatic carbocycles. The molecule has 1 heterocycles. The van der Waals surface area contributed by atoms with E-state index in [-0.39, 0.29) is 5.92 Å². The number of aliphatic carboxylic acids is 1. The van der Waals surface area contributed by atoms with E-state index in [0.29, 0.717) is 0 Å². The molecule has 0 aromatic carbocycles. The molecule has 4 nitrogen and oxygen atoms in total. The van der Waals surface area contributed by atoms with Gasteiger partial charge in [0.15, 0.2) is 0 Å². The molecule has 2 atom stereocenters. The van der Waals surface area contributed by atoms with Gasteiger partial charge in [-0.25, -0.2) is 0 Å². The molecule has 0 unspecified atom stereocenters. The van der Waals surface area contributed by atoms with Gasteiger partial charge < -0.3 is 15.1 Å². The number of carbonyl (C=O) groups excluding carboxylic acids is 1. The molecule has 0 radical (unpaired) electrons. The van der Waals surface area contributed by atoms with Crippen LogP contribution >= 0.6 is 0 Å². The predicted molar refractivity (Wildman–Crippen MR) is 49.4 cm³/mol. The highest BCUT2D eigenvalue weighted by Gasteiger charge is 2.56. The monoisotopic (exact) mass is 200 g/mol. The van der Waals surface area contributed by atoms with Gasteiger partial charge in [0.05, 0.1) is 0 Å². The molecule has 0 aromatic heterocycles. The molecule has 0 aromatic rings. The molecule has 4 heteroatoms. The maximum Gasteiger partial charge on any atom is 0.0493 e. The van der Waals surface area contributed by atoms with Crippen LogP contribution in [0.4, 0.5) is 0 Å². The molecule has 1 saturated heterocycles. The molecule has 1 aliphatic rings. The van der Waals surface area contributed by atoms with Crippen molar-refractivity contribution < 1.29 is 15.1 Å². The van der Waals surface area contributed by atoms with Gasteiger partial charge in [-0.2, -0.15) is 5.06 Å². The van der Waals surface area contributed by atoms with E-state index in [9.17, 15) is 15.1 Å². The topological polar surface area (TPSA) is 63.6 Å². The highest BCUT2D eigenvalue weighted by molar-refractivity contribution is 5.70. The summed E-state index contributed by atoms with van der Waals surface area (Å²) in [5, 5.41) is 22.1. The average molecular weight is 200 g/mol. The number of carboxylic acid groups (broad SMARTS) is 1. The second-order valence-electron chi connectivity index (χ2n) is 5.20. The van der Waals surface area contributed by atoms with Crippen molar-refractivity contribution in [3.63, 3.8) is 0 Å². The van der Waals surface area contributed by atoms with E-state index in [0.717, 1.165) is 5.06 Å². The summed E-state index contributed by atoms with van der Waals surface area (Å²) in [5.74, 6) is -1.89. The zero-order chi connectivity index (χ0) is 11.3. The highest BCUT2D eigenvalue weighted by Crippen LogP contribution is 2.47. The third-order valence-corrected chi connectivity index (χ3v) is 3.72. The Bertz CT molecular complexity index is 260. The number of hydrogen-bond acceptors (Lipinski definition) is 4. The summed E-state index contributed by atoms with van der Waals surface area (Å²) in [7, 11) is 0. The molecule has 1 rings (SSSR count). The second kappa shape index (κ2) is 2.94. The number of carbonyl (C=O) groups is 1. The molecule has 1 aliphatic heterocycles. The Hall–Kier alpha value is -0.610. The van der Waals surface area contributed by atoms with Crippen molar-refractivity contribution in [2.45, 2.75) is 45.7 Å². The van der Waals surface area contributed by atoms with Crippen molar-refractivity contribution in [3.8, 4) is 0 Å². The van der Waals surface area contributed by atoms with Crippen LogP contribution in [-0.4, -0.2) is 27.3 Å². The van der Waals surface area contributed by atoms with Crippen LogP contribution in [0.15, 0.2) is 0 Å². The average Bonchev–Trinajstić information content (AvgIpc) is 2.10. The zero-order valence-electron chi connectivity index (χ0n) is 9.37. The van der Waals surface area contributed by atoms with Crippen molar-refractivity contribution >= 4 is 5.97 Å². The normalized spacial score (nSPS) is 35.9. The Morgan fingerprint density at radius 1 is 1.29 bits per heavy atom. The lowest BCUT2D eigenvalue weighted by Crippen LogP contribution is -2.50. The van der Waals surface area contributed by atoms with Crippen LogP contribution in [0, 0.1) is 11.8 Å². The first kappa shape index (κ1) is 11.5. The predicted octanol–water partition coefficient (Wildman–Crippen LogP) is 0.251. The first-order valence-electron chi connectivity index (χ1n) is 4.83. The maximum absolute atomic E-state index is 11.0. The van der Waals surface area contributed by atoms with Gasteiger partial charge in [-0.15, -0.1) is 0 Å². The van der Waals surface area contributed by atoms with E-state index in [2.05, 4.69) is 0 Å². The summed E-state index contributed by atoms with van der Waals surface area (Å²) in [6, 6.07) is 0. The van der Waals surface area contributed by atoms with Gasteiger partial charge in [0.1, 0.15) is 0 Å². The molecular formula is C10H18NO3-. The third-order valence-electron chi connectivity index (χ3n) is 3.72. The highest BCUT2D eigenvalue weighted by atomic mass is 16.5. The smallest absolute Gasteiger partial charge is 0.0493 e. The van der Waals surface area contributed by atoms with E-state index < -0.39 is 23.0 Å². The van der Waals surface area contributed by atoms with Crippen LogP contribution in [0.3, 0.4) is 0 Å². The zero-order valence-corrected chi connectivity index (χ0v) is 9.37. The summed E-state index contributed by atoms with van der Waals surface area (Å²) in [6.45, 7) is 8.95. The van der Waals surface area contributed by atoms with E-state index >= 15 is 0 Å². The molecule has 0 saturated carbocycles. The Balaban J connectivity index is 3.16. The van der Waals surface area contributed by atoms with Crippen LogP contribution in [0.25, 0.3) is 0 Å².